The number of hydrogen-bond donors (Lipinski definition) is 0. The SMILES string of the molecule is COc1ccc2c(c1)CCC(C1CCC3CC(C=CF)CCC3C1)C2. The lowest BCUT2D eigenvalue weighted by Gasteiger charge is -2.44. The first-order valence-corrected chi connectivity index (χ1v) is 10.2. The van der Waals surface area contributed by atoms with Crippen LogP contribution >= 0.6 is 0 Å². The summed E-state index contributed by atoms with van der Waals surface area (Å²) < 4.78 is 17.9. The molecule has 5 atom stereocenters. The number of aryl methyl sites for hydroxylation is 1. The van der Waals surface area contributed by atoms with Crippen LogP contribution in [-0.4, -0.2) is 7.11 Å². The predicted octanol–water partition coefficient (Wildman–Crippen LogP) is 6.12. The van der Waals surface area contributed by atoms with E-state index in [9.17, 15) is 4.39 Å². The second-order valence-corrected chi connectivity index (χ2v) is 8.62. The molecule has 1 aromatic carbocycles. The van der Waals surface area contributed by atoms with E-state index in [4.69, 9.17) is 4.74 Å². The summed E-state index contributed by atoms with van der Waals surface area (Å²) in [4.78, 5) is 0. The summed E-state index contributed by atoms with van der Waals surface area (Å²) in [5.41, 5.74) is 3.05. The molecule has 1 aromatic rings. The molecule has 2 fully saturated rings. The van der Waals surface area contributed by atoms with E-state index in [2.05, 4.69) is 18.2 Å². The Morgan fingerprint density at radius 3 is 2.48 bits per heavy atom. The third-order valence-electron chi connectivity index (χ3n) is 7.39. The van der Waals surface area contributed by atoms with Gasteiger partial charge in [-0.05, 0) is 111 Å². The molecule has 4 rings (SSSR count). The van der Waals surface area contributed by atoms with Crippen LogP contribution in [0.2, 0.25) is 0 Å². The molecule has 0 aromatic heterocycles. The van der Waals surface area contributed by atoms with Crippen molar-refractivity contribution < 1.29 is 9.13 Å². The highest BCUT2D eigenvalue weighted by molar-refractivity contribution is 5.37. The van der Waals surface area contributed by atoms with Gasteiger partial charge in [0.25, 0.3) is 0 Å². The molecule has 0 aliphatic heterocycles. The quantitative estimate of drug-likeness (QED) is 0.643. The van der Waals surface area contributed by atoms with E-state index in [0.29, 0.717) is 5.92 Å². The molecule has 136 valence electrons. The molecular formula is C23H31FO. The van der Waals surface area contributed by atoms with Crippen LogP contribution < -0.4 is 4.74 Å². The molecule has 5 unspecified atom stereocenters. The average Bonchev–Trinajstić information content (AvgIpc) is 2.67. The van der Waals surface area contributed by atoms with Crippen LogP contribution in [0.4, 0.5) is 4.39 Å². The molecule has 2 saturated carbocycles. The number of allylic oxidation sites excluding steroid dienone is 1. The lowest BCUT2D eigenvalue weighted by atomic mass is 9.61. The van der Waals surface area contributed by atoms with Crippen molar-refractivity contribution in [2.24, 2.45) is 29.6 Å². The summed E-state index contributed by atoms with van der Waals surface area (Å²) in [6.45, 7) is 0. The first-order valence-electron chi connectivity index (χ1n) is 10.2. The molecule has 0 heterocycles. The molecule has 0 amide bonds. The van der Waals surface area contributed by atoms with Gasteiger partial charge in [0.15, 0.2) is 0 Å². The summed E-state index contributed by atoms with van der Waals surface area (Å²) >= 11 is 0. The van der Waals surface area contributed by atoms with E-state index in [-0.39, 0.29) is 0 Å². The van der Waals surface area contributed by atoms with Gasteiger partial charge in [-0.15, -0.1) is 0 Å². The standard InChI is InChI=1S/C23H31FO/c1-25-23-9-8-21-14-20(6-7-22(21)15-23)19-5-4-17-12-16(10-11-24)2-3-18(17)13-19/h8-11,15-20H,2-7,12-14H2,1H3. The summed E-state index contributed by atoms with van der Waals surface area (Å²) in [5, 5.41) is 0. The highest BCUT2D eigenvalue weighted by Crippen LogP contribution is 2.48. The number of ether oxygens (including phenoxy) is 1. The van der Waals surface area contributed by atoms with Crippen LogP contribution in [0.3, 0.4) is 0 Å². The minimum absolute atomic E-state index is 0.499. The zero-order valence-electron chi connectivity index (χ0n) is 15.4. The van der Waals surface area contributed by atoms with Crippen molar-refractivity contribution >= 4 is 0 Å². The fourth-order valence-electron chi connectivity index (χ4n) is 5.96. The third kappa shape index (κ3) is 3.64. The fourth-order valence-corrected chi connectivity index (χ4v) is 5.96. The molecule has 1 nitrogen and oxygen atoms in total. The highest BCUT2D eigenvalue weighted by atomic mass is 19.1. The maximum atomic E-state index is 12.5. The zero-order valence-corrected chi connectivity index (χ0v) is 15.4. The monoisotopic (exact) mass is 342 g/mol. The molecule has 3 aliphatic rings. The van der Waals surface area contributed by atoms with Gasteiger partial charge in [0.1, 0.15) is 5.75 Å². The fraction of sp³-hybridized carbons (Fsp3) is 0.652. The van der Waals surface area contributed by atoms with Crippen molar-refractivity contribution in [1.82, 2.24) is 0 Å². The smallest absolute Gasteiger partial charge is 0.119 e. The summed E-state index contributed by atoms with van der Waals surface area (Å²) in [6, 6.07) is 6.65. The van der Waals surface area contributed by atoms with Crippen LogP contribution in [0.1, 0.15) is 56.1 Å². The Hall–Kier alpha value is -1.31. The zero-order chi connectivity index (χ0) is 17.2. The molecule has 0 radical (unpaired) electrons. The Labute approximate surface area is 151 Å². The summed E-state index contributed by atoms with van der Waals surface area (Å²) in [7, 11) is 1.75. The van der Waals surface area contributed by atoms with Gasteiger partial charge in [-0.1, -0.05) is 12.1 Å². The third-order valence-corrected chi connectivity index (χ3v) is 7.39. The van der Waals surface area contributed by atoms with Crippen LogP contribution in [0, 0.1) is 29.6 Å². The molecule has 0 N–H and O–H groups in total. The summed E-state index contributed by atoms with van der Waals surface area (Å²) in [6.07, 6.45) is 14.3. The molecular weight excluding hydrogens is 311 g/mol. The lowest BCUT2D eigenvalue weighted by molar-refractivity contribution is 0.0809. The normalized spacial score (nSPS) is 35.2. The topological polar surface area (TPSA) is 9.23 Å². The number of hydrogen-bond acceptors (Lipinski definition) is 1. The number of halogens is 1. The summed E-state index contributed by atoms with van der Waals surface area (Å²) in [5.74, 6) is 5.03. The minimum atomic E-state index is 0.499. The van der Waals surface area contributed by atoms with E-state index in [0.717, 1.165) is 35.8 Å². The van der Waals surface area contributed by atoms with E-state index in [1.807, 2.05) is 0 Å². The predicted molar refractivity (Wildman–Crippen MR) is 100 cm³/mol. The van der Waals surface area contributed by atoms with Crippen molar-refractivity contribution in [3.63, 3.8) is 0 Å². The number of rotatable bonds is 3. The molecule has 0 saturated heterocycles. The Morgan fingerprint density at radius 2 is 1.68 bits per heavy atom. The maximum Gasteiger partial charge on any atom is 0.119 e. The van der Waals surface area contributed by atoms with Gasteiger partial charge in [0, 0.05) is 0 Å². The molecule has 2 heteroatoms. The van der Waals surface area contributed by atoms with E-state index >= 15 is 0 Å². The highest BCUT2D eigenvalue weighted by Gasteiger charge is 2.38. The van der Waals surface area contributed by atoms with Crippen molar-refractivity contribution in [3.8, 4) is 5.75 Å². The van der Waals surface area contributed by atoms with E-state index in [1.54, 1.807) is 18.7 Å². The molecule has 0 bridgehead atoms. The average molecular weight is 342 g/mol. The number of methoxy groups -OCH3 is 1. The molecule has 3 aliphatic carbocycles. The van der Waals surface area contributed by atoms with Gasteiger partial charge in [0.05, 0.1) is 13.4 Å². The molecule has 0 spiro atoms. The number of benzene rings is 1. The lowest BCUT2D eigenvalue weighted by Crippen LogP contribution is -2.34. The first kappa shape index (κ1) is 17.1. The number of fused-ring (bicyclic) bond motifs is 2. The van der Waals surface area contributed by atoms with Crippen LogP contribution in [0.5, 0.6) is 5.75 Å². The van der Waals surface area contributed by atoms with Crippen molar-refractivity contribution in [3.05, 3.63) is 41.7 Å². The van der Waals surface area contributed by atoms with Crippen LogP contribution in [0.15, 0.2) is 30.6 Å². The van der Waals surface area contributed by atoms with Gasteiger partial charge in [-0.2, -0.15) is 0 Å². The van der Waals surface area contributed by atoms with Crippen molar-refractivity contribution in [2.45, 2.75) is 57.8 Å². The van der Waals surface area contributed by atoms with Gasteiger partial charge in [-0.3, -0.25) is 0 Å². The molecule has 25 heavy (non-hydrogen) atoms. The minimum Gasteiger partial charge on any atom is -0.497 e. The van der Waals surface area contributed by atoms with Gasteiger partial charge >= 0.3 is 0 Å². The van der Waals surface area contributed by atoms with Crippen LogP contribution in [0.25, 0.3) is 0 Å². The first-order chi connectivity index (χ1) is 12.3. The van der Waals surface area contributed by atoms with E-state index < -0.39 is 0 Å². The van der Waals surface area contributed by atoms with Crippen molar-refractivity contribution in [2.75, 3.05) is 7.11 Å². The largest absolute Gasteiger partial charge is 0.497 e. The Morgan fingerprint density at radius 1 is 0.920 bits per heavy atom. The second-order valence-electron chi connectivity index (χ2n) is 8.62. The van der Waals surface area contributed by atoms with Gasteiger partial charge in [0.2, 0.25) is 0 Å². The van der Waals surface area contributed by atoms with Gasteiger partial charge < -0.3 is 4.74 Å². The Balaban J connectivity index is 1.38. The van der Waals surface area contributed by atoms with Gasteiger partial charge in [-0.25, -0.2) is 4.39 Å². The van der Waals surface area contributed by atoms with Crippen LogP contribution in [-0.2, 0) is 12.8 Å². The van der Waals surface area contributed by atoms with Crippen molar-refractivity contribution in [1.29, 1.82) is 0 Å². The maximum absolute atomic E-state index is 12.5. The second kappa shape index (κ2) is 7.51. The Bertz CT molecular complexity index is 623. The van der Waals surface area contributed by atoms with E-state index in [1.165, 1.54) is 63.4 Å². The Kier molecular flexibility index (Phi) is 5.15.